The number of nitrogens with zero attached hydrogens (tertiary/aromatic N) is 2. The summed E-state index contributed by atoms with van der Waals surface area (Å²) < 4.78 is 42.1. The van der Waals surface area contributed by atoms with Gasteiger partial charge in [-0.2, -0.15) is 4.31 Å². The van der Waals surface area contributed by atoms with E-state index in [2.05, 4.69) is 31.7 Å². The van der Waals surface area contributed by atoms with Crippen LogP contribution in [0.2, 0.25) is 0 Å². The second kappa shape index (κ2) is 8.95. The summed E-state index contributed by atoms with van der Waals surface area (Å²) in [6, 6.07) is 5.83. The van der Waals surface area contributed by atoms with Gasteiger partial charge in [0.1, 0.15) is 5.82 Å². The summed E-state index contributed by atoms with van der Waals surface area (Å²) in [5, 5.41) is 0. The van der Waals surface area contributed by atoms with Crippen molar-refractivity contribution in [1.82, 2.24) is 9.21 Å². The normalized spacial score (nSPS) is 28.3. The van der Waals surface area contributed by atoms with E-state index >= 15 is 0 Å². The van der Waals surface area contributed by atoms with Gasteiger partial charge in [0.25, 0.3) is 0 Å². The highest BCUT2D eigenvalue weighted by Gasteiger charge is 2.51. The maximum absolute atomic E-state index is 13.5. The van der Waals surface area contributed by atoms with Crippen LogP contribution in [0.5, 0.6) is 0 Å². The van der Waals surface area contributed by atoms with Gasteiger partial charge in [-0.1, -0.05) is 31.9 Å². The minimum atomic E-state index is -3.67. The molecular weight excluding hydrogens is 411 g/mol. The van der Waals surface area contributed by atoms with Crippen molar-refractivity contribution < 1.29 is 12.8 Å². The number of halogens is 1. The maximum atomic E-state index is 13.5. The molecule has 1 aromatic carbocycles. The smallest absolute Gasteiger partial charge is 0.243 e. The molecule has 3 unspecified atom stereocenters. The van der Waals surface area contributed by atoms with E-state index in [1.54, 1.807) is 4.31 Å². The van der Waals surface area contributed by atoms with Crippen LogP contribution in [0.3, 0.4) is 0 Å². The number of hydrogen-bond acceptors (Lipinski definition) is 3. The molecule has 0 aromatic heterocycles. The van der Waals surface area contributed by atoms with Gasteiger partial charge in [-0.05, 0) is 93.6 Å². The van der Waals surface area contributed by atoms with Crippen LogP contribution in [-0.4, -0.2) is 49.8 Å². The van der Waals surface area contributed by atoms with E-state index in [9.17, 15) is 12.8 Å². The quantitative estimate of drug-likeness (QED) is 0.521. The Balaban J connectivity index is 1.50. The molecule has 1 heterocycles. The maximum Gasteiger partial charge on any atom is 0.243 e. The molecule has 6 heteroatoms. The largest absolute Gasteiger partial charge is 0.301 e. The zero-order valence-electron chi connectivity index (χ0n) is 19.2. The third-order valence-electron chi connectivity index (χ3n) is 8.19. The number of allylic oxidation sites excluding steroid dienone is 1. The first-order valence-electron chi connectivity index (χ1n) is 11.9. The second-order valence-corrected chi connectivity index (χ2v) is 12.3. The molecule has 4 nitrogen and oxygen atoms in total. The van der Waals surface area contributed by atoms with Crippen molar-refractivity contribution in [3.8, 4) is 0 Å². The van der Waals surface area contributed by atoms with Gasteiger partial charge < -0.3 is 4.90 Å². The van der Waals surface area contributed by atoms with Crippen LogP contribution in [0.25, 0.3) is 0 Å². The molecule has 1 saturated heterocycles. The van der Waals surface area contributed by atoms with Gasteiger partial charge >= 0.3 is 0 Å². The molecule has 3 aliphatic carbocycles. The van der Waals surface area contributed by atoms with Gasteiger partial charge in [-0.3, -0.25) is 0 Å². The number of sulfonamides is 1. The molecule has 0 radical (unpaired) electrons. The number of piperidine rings is 1. The minimum Gasteiger partial charge on any atom is -0.301 e. The van der Waals surface area contributed by atoms with Crippen molar-refractivity contribution in [2.75, 3.05) is 26.2 Å². The first kappa shape index (κ1) is 22.9. The third-order valence-corrected chi connectivity index (χ3v) is 10.0. The van der Waals surface area contributed by atoms with Crippen LogP contribution in [-0.2, 0) is 10.0 Å². The molecule has 172 valence electrons. The fourth-order valence-corrected chi connectivity index (χ4v) is 7.31. The molecule has 3 atom stereocenters. The molecule has 2 fully saturated rings. The van der Waals surface area contributed by atoms with Crippen LogP contribution < -0.4 is 0 Å². The molecule has 0 spiro atoms. The lowest BCUT2D eigenvalue weighted by atomic mass is 9.49. The summed E-state index contributed by atoms with van der Waals surface area (Å²) >= 11 is 0. The Labute approximate surface area is 187 Å². The molecule has 0 amide bonds. The van der Waals surface area contributed by atoms with Crippen LogP contribution >= 0.6 is 0 Å². The van der Waals surface area contributed by atoms with Crippen molar-refractivity contribution in [2.24, 2.45) is 17.3 Å². The topological polar surface area (TPSA) is 40.6 Å². The van der Waals surface area contributed by atoms with E-state index in [0.717, 1.165) is 31.8 Å². The Kier molecular flexibility index (Phi) is 6.62. The van der Waals surface area contributed by atoms with E-state index in [4.69, 9.17) is 0 Å². The number of hydrogen-bond donors (Lipinski definition) is 0. The summed E-state index contributed by atoms with van der Waals surface area (Å²) in [7, 11) is -3.67. The predicted octanol–water partition coefficient (Wildman–Crippen LogP) is 5.07. The fraction of sp³-hybridized carbons (Fsp3) is 0.680. The average Bonchev–Trinajstić information content (AvgIpc) is 2.74. The molecule has 31 heavy (non-hydrogen) atoms. The Morgan fingerprint density at radius 1 is 1.19 bits per heavy atom. The fourth-order valence-electron chi connectivity index (χ4n) is 5.84. The highest BCUT2D eigenvalue weighted by Crippen LogP contribution is 2.59. The molecule has 5 rings (SSSR count). The van der Waals surface area contributed by atoms with Crippen molar-refractivity contribution >= 4 is 10.0 Å². The van der Waals surface area contributed by atoms with E-state index < -0.39 is 15.8 Å². The van der Waals surface area contributed by atoms with Gasteiger partial charge in [-0.15, -0.1) is 0 Å². The van der Waals surface area contributed by atoms with E-state index in [0.29, 0.717) is 25.0 Å². The van der Waals surface area contributed by atoms with Gasteiger partial charge in [-0.25, -0.2) is 12.8 Å². The van der Waals surface area contributed by atoms with Crippen LogP contribution in [0.1, 0.15) is 59.3 Å². The van der Waals surface area contributed by atoms with Crippen LogP contribution in [0.4, 0.5) is 4.39 Å². The summed E-state index contributed by atoms with van der Waals surface area (Å²) in [5.74, 6) is 0.783. The monoisotopic (exact) mass is 448 g/mol. The molecule has 4 aliphatic rings. The molecule has 1 aliphatic heterocycles. The van der Waals surface area contributed by atoms with E-state index in [1.165, 1.54) is 55.5 Å². The van der Waals surface area contributed by atoms with Crippen molar-refractivity contribution in [2.45, 2.75) is 70.2 Å². The molecule has 1 aromatic rings. The summed E-state index contributed by atoms with van der Waals surface area (Å²) in [4.78, 5) is 2.67. The molecule has 1 saturated carbocycles. The Hall–Kier alpha value is -1.24. The standard InChI is InChI=1S/C25H37FN2O2S/c1-19-7-4-5-14-27(19)15-6-16-28(31(29,30)23-12-10-22(26)11-13-23)18-20-8-9-21-17-24(20)25(21,2)3/h8,10-13,19,21,24H,4-7,9,14-18H2,1-3H3. The van der Waals surface area contributed by atoms with Gasteiger partial charge in [0.05, 0.1) is 4.90 Å². The summed E-state index contributed by atoms with van der Waals surface area (Å²) in [6.07, 6.45) is 9.06. The lowest BCUT2D eigenvalue weighted by Gasteiger charge is -2.57. The lowest BCUT2D eigenvalue weighted by Crippen LogP contribution is -2.50. The minimum absolute atomic E-state index is 0.183. The Morgan fingerprint density at radius 3 is 2.58 bits per heavy atom. The number of rotatable bonds is 8. The second-order valence-electron chi connectivity index (χ2n) is 10.3. The highest BCUT2D eigenvalue weighted by molar-refractivity contribution is 7.89. The van der Waals surface area contributed by atoms with Crippen molar-refractivity contribution in [3.63, 3.8) is 0 Å². The van der Waals surface area contributed by atoms with Gasteiger partial charge in [0, 0.05) is 19.1 Å². The van der Waals surface area contributed by atoms with Crippen LogP contribution in [0, 0.1) is 23.1 Å². The zero-order valence-corrected chi connectivity index (χ0v) is 20.0. The van der Waals surface area contributed by atoms with E-state index in [1.807, 2.05) is 0 Å². The molecular formula is C25H37FN2O2S. The summed E-state index contributed by atoms with van der Waals surface area (Å²) in [5.41, 5.74) is 1.53. The first-order valence-corrected chi connectivity index (χ1v) is 13.3. The van der Waals surface area contributed by atoms with Gasteiger partial charge in [0.15, 0.2) is 0 Å². The van der Waals surface area contributed by atoms with Crippen molar-refractivity contribution in [3.05, 3.63) is 41.7 Å². The highest BCUT2D eigenvalue weighted by atomic mass is 32.2. The predicted molar refractivity (Wildman–Crippen MR) is 123 cm³/mol. The molecule has 0 N–H and O–H groups in total. The zero-order chi connectivity index (χ0) is 22.2. The summed E-state index contributed by atoms with van der Waals surface area (Å²) in [6.45, 7) is 9.88. The Bertz CT molecular complexity index is 910. The van der Waals surface area contributed by atoms with Crippen molar-refractivity contribution in [1.29, 1.82) is 0 Å². The first-order chi connectivity index (χ1) is 14.7. The number of benzene rings is 1. The van der Waals surface area contributed by atoms with Crippen LogP contribution in [0.15, 0.2) is 40.8 Å². The van der Waals surface area contributed by atoms with E-state index in [-0.39, 0.29) is 10.3 Å². The SMILES string of the molecule is CC1CCCCN1CCCN(CC1=CCC2CC1C2(C)C)S(=O)(=O)c1ccc(F)cc1. The number of likely N-dealkylation sites (tertiary alicyclic amines) is 1. The number of fused-ring (bicyclic) bond motifs is 1. The Morgan fingerprint density at radius 2 is 1.94 bits per heavy atom. The average molecular weight is 449 g/mol. The third kappa shape index (κ3) is 4.62. The van der Waals surface area contributed by atoms with Gasteiger partial charge in [0.2, 0.25) is 10.0 Å². The molecule has 2 bridgehead atoms. The lowest BCUT2D eigenvalue weighted by molar-refractivity contribution is -0.00891.